The summed E-state index contributed by atoms with van der Waals surface area (Å²) in [6, 6.07) is 19.6. The summed E-state index contributed by atoms with van der Waals surface area (Å²) in [6.07, 6.45) is -1.73. The molecule has 0 saturated heterocycles. The summed E-state index contributed by atoms with van der Waals surface area (Å²) < 4.78 is 45.6. The van der Waals surface area contributed by atoms with Crippen molar-refractivity contribution >= 4 is 93.3 Å². The molecule has 115 heavy (non-hydrogen) atoms. The van der Waals surface area contributed by atoms with Crippen LogP contribution in [0, 0.1) is 40.5 Å². The highest BCUT2D eigenvalue weighted by atomic mass is 16.6. The predicted octanol–water partition coefficient (Wildman–Crippen LogP) is 2.47. The molecular formula is C75H68N8O32-4. The van der Waals surface area contributed by atoms with Gasteiger partial charge in [0.15, 0.2) is 26.4 Å². The number of hydrogen-bond donors (Lipinski definition) is 8. The number of nitrogens with zero attached hydrogens (tertiary/aromatic N) is 4. The lowest BCUT2D eigenvalue weighted by Gasteiger charge is -2.24. The van der Waals surface area contributed by atoms with Crippen LogP contribution in [-0.2, 0) is 89.7 Å². The van der Waals surface area contributed by atoms with Crippen LogP contribution in [0.4, 0.5) is 45.5 Å². The van der Waals surface area contributed by atoms with Crippen LogP contribution < -0.4 is 81.3 Å². The molecule has 0 amide bonds. The molecule has 0 heterocycles. The van der Waals surface area contributed by atoms with E-state index in [2.05, 4.69) is 13.8 Å². The fraction of sp³-hybridized carbons (Fsp3) is 0.253. The molecule has 604 valence electrons. The number of carboxylic acid groups (broad SMARTS) is 8. The monoisotopic (exact) mass is 1590 g/mol. The fourth-order valence-electron chi connectivity index (χ4n) is 12.8. The van der Waals surface area contributed by atoms with Gasteiger partial charge in [-0.3, -0.25) is 40.5 Å². The summed E-state index contributed by atoms with van der Waals surface area (Å²) in [6.45, 7) is -3.49. The van der Waals surface area contributed by atoms with Crippen LogP contribution in [0.1, 0.15) is 109 Å². The summed E-state index contributed by atoms with van der Waals surface area (Å²) >= 11 is 0. The summed E-state index contributed by atoms with van der Waals surface area (Å²) in [5, 5.41) is 134. The van der Waals surface area contributed by atoms with Crippen LogP contribution in [-0.4, -0.2) is 141 Å². The molecule has 2 aliphatic carbocycles. The average molecular weight is 1590 g/mol. The van der Waals surface area contributed by atoms with Gasteiger partial charge in [-0.15, -0.1) is 0 Å². The van der Waals surface area contributed by atoms with Crippen molar-refractivity contribution in [3.63, 3.8) is 0 Å². The topological polar surface area (TPSA) is 660 Å². The number of nitro groups is 4. The second kappa shape index (κ2) is 37.9. The number of ether oxygens (including phenoxy) is 8. The Bertz CT molecular complexity index is 4420. The molecule has 8 aromatic carbocycles. The number of carbonyl (C=O) groups is 8. The second-order valence-electron chi connectivity index (χ2n) is 25.6. The molecule has 10 rings (SSSR count). The van der Waals surface area contributed by atoms with E-state index in [1.165, 1.54) is 55.0 Å². The number of rotatable bonds is 28. The van der Waals surface area contributed by atoms with Crippen molar-refractivity contribution in [2.75, 3.05) is 75.8 Å². The molecule has 2 aliphatic rings. The fourth-order valence-corrected chi connectivity index (χ4v) is 12.8. The number of carbonyl (C=O) groups excluding carboxylic acids is 4. The standard InChI is InChI=1S/C36H28N4O20.C36H36N4O12.C3H8/c41-29(42)13-57-33-17-1-18-6-26(38(51)52)8-20(34(18)58-14-30(43)44)3-22-10-28(40(55)56)12-24(36(22)60-16-32(47)48)4-23-11-27(39(53)54)9-21(35(23)59-15-31(45)46)2-19(33)7-25(5-17)37(49)50;37-25-5-17-1-18-6-26(38)8-20(34(18)50-14-30(43)44)3-22-10-28(40)12-24(36(22)52-16-32(47)48)4-23-11-27(39)9-21(35(23)51-15-31(45)46)2-19(7-25)33(17)49-13-29(41)42;1-3-2/h5-12H,1-4,13-16H2,(H,41,42)(H,43,44)(H,45,46)(H,47,48);5-12H,1-4,13-16,37-40H2,(H,41,42)(H,43,44)(H,45,46)(H,47,48);3H2,1-2H3/p-4. The Morgan fingerprint density at radius 2 is 0.383 bits per heavy atom. The van der Waals surface area contributed by atoms with E-state index in [1.54, 1.807) is 0 Å². The van der Waals surface area contributed by atoms with Crippen molar-refractivity contribution in [2.24, 2.45) is 0 Å². The van der Waals surface area contributed by atoms with Gasteiger partial charge in [-0.2, -0.15) is 0 Å². The van der Waals surface area contributed by atoms with Crippen LogP contribution in [0.5, 0.6) is 46.0 Å². The summed E-state index contributed by atoms with van der Waals surface area (Å²) in [5.74, 6) is -13.5. The quantitative estimate of drug-likeness (QED) is 0.0198. The van der Waals surface area contributed by atoms with Crippen molar-refractivity contribution < 1.29 is 137 Å². The summed E-state index contributed by atoms with van der Waals surface area (Å²) in [7, 11) is 0. The van der Waals surface area contributed by atoms with E-state index in [-0.39, 0.29) is 139 Å². The second-order valence-corrected chi connectivity index (χ2v) is 25.6. The lowest BCUT2D eigenvalue weighted by atomic mass is 9.90. The molecule has 40 heteroatoms. The first-order chi connectivity index (χ1) is 54.4. The zero-order valence-corrected chi connectivity index (χ0v) is 60.6. The number of anilines is 4. The third kappa shape index (κ3) is 22.9. The van der Waals surface area contributed by atoms with Crippen LogP contribution >= 0.6 is 0 Å². The smallest absolute Gasteiger partial charge is 0.341 e. The van der Waals surface area contributed by atoms with Gasteiger partial charge in [0.1, 0.15) is 72.4 Å². The number of hydrogen-bond acceptors (Lipinski definition) is 32. The molecule has 0 radical (unpaired) electrons. The molecule has 12 N–H and O–H groups in total. The Hall–Kier alpha value is -15.3. The first kappa shape index (κ1) is 85.3. The number of carboxylic acids is 8. The minimum Gasteiger partial charge on any atom is -0.546 e. The highest BCUT2D eigenvalue weighted by molar-refractivity contribution is 5.74. The van der Waals surface area contributed by atoms with E-state index in [4.69, 9.17) is 60.8 Å². The number of nitrogens with two attached hydrogens (primary N) is 4. The van der Waals surface area contributed by atoms with Crippen LogP contribution in [0.25, 0.3) is 0 Å². The maximum absolute atomic E-state index is 12.3. The number of aliphatic carboxylic acids is 8. The van der Waals surface area contributed by atoms with E-state index in [0.29, 0.717) is 44.5 Å². The normalized spacial score (nSPS) is 11.7. The largest absolute Gasteiger partial charge is 0.546 e. The molecule has 8 aromatic rings. The molecule has 0 atom stereocenters. The van der Waals surface area contributed by atoms with Crippen molar-refractivity contribution in [1.29, 1.82) is 0 Å². The maximum Gasteiger partial charge on any atom is 0.341 e. The molecular weight excluding hydrogens is 1520 g/mol. The molecule has 0 aromatic heterocycles. The van der Waals surface area contributed by atoms with Crippen molar-refractivity contribution in [2.45, 2.75) is 71.6 Å². The highest BCUT2D eigenvalue weighted by Crippen LogP contribution is 2.46. The first-order valence-corrected chi connectivity index (χ1v) is 33.9. The Labute approximate surface area is 647 Å². The summed E-state index contributed by atoms with van der Waals surface area (Å²) in [5.41, 5.74) is 24.5. The van der Waals surface area contributed by atoms with E-state index < -0.39 is 169 Å². The molecule has 0 saturated carbocycles. The van der Waals surface area contributed by atoms with Crippen LogP contribution in [0.15, 0.2) is 97.1 Å². The van der Waals surface area contributed by atoms with Crippen LogP contribution in [0.3, 0.4) is 0 Å². The van der Waals surface area contributed by atoms with Gasteiger partial charge in [0.05, 0.1) is 43.6 Å². The Kier molecular flexibility index (Phi) is 28.1. The number of fused-ring (bicyclic) bond motifs is 16. The number of nitrogen functional groups attached to an aromatic ring is 4. The first-order valence-electron chi connectivity index (χ1n) is 33.9. The zero-order chi connectivity index (χ0) is 84.4. The minimum atomic E-state index is -1.53. The van der Waals surface area contributed by atoms with Gasteiger partial charge >= 0.3 is 23.9 Å². The van der Waals surface area contributed by atoms with Gasteiger partial charge in [0.2, 0.25) is 0 Å². The SMILES string of the molecule is CCC.Nc1cc2c(OCC(=O)[O-])c(c1)Cc1cc(N)cc(c1OCC(=O)[O-])Cc1cc(N)cc(c1OCC(=O)[O-])Cc1cc(N)cc(c1OCC(=O)[O-])C2.O=C(O)COc1c2cc([N+](=O)[O-])cc1Cc1cc([N+](=O)[O-])cc(c1OCC(=O)O)Cc1cc([N+](=O)[O-])cc(c1OCC(=O)O)Cc1cc([N+](=O)[O-])cc(c1OCC(=O)O)C2. The third-order valence-electron chi connectivity index (χ3n) is 16.6. The van der Waals surface area contributed by atoms with Crippen molar-refractivity contribution in [3.05, 3.63) is 227 Å². The third-order valence-corrected chi connectivity index (χ3v) is 16.6. The Morgan fingerprint density at radius 3 is 0.487 bits per heavy atom. The van der Waals surface area contributed by atoms with Gasteiger partial charge in [0, 0.05) is 212 Å². The molecule has 0 aliphatic heterocycles. The van der Waals surface area contributed by atoms with Gasteiger partial charge in [-0.25, -0.2) is 19.2 Å². The predicted molar refractivity (Wildman–Crippen MR) is 389 cm³/mol. The van der Waals surface area contributed by atoms with Gasteiger partial charge in [0.25, 0.3) is 22.7 Å². The number of nitro benzene ring substituents is 4. The molecule has 0 fully saturated rings. The van der Waals surface area contributed by atoms with E-state index in [9.17, 15) is 120 Å². The Morgan fingerprint density at radius 1 is 0.270 bits per heavy atom. The number of non-ortho nitro benzene ring substituents is 4. The number of benzene rings is 8. The zero-order valence-electron chi connectivity index (χ0n) is 60.6. The van der Waals surface area contributed by atoms with Crippen LogP contribution in [0.2, 0.25) is 0 Å². The van der Waals surface area contributed by atoms with Gasteiger partial charge < -0.3 is 121 Å². The molecule has 16 bridgehead atoms. The van der Waals surface area contributed by atoms with E-state index >= 15 is 0 Å². The molecule has 40 nitrogen and oxygen atoms in total. The van der Waals surface area contributed by atoms with E-state index in [0.717, 1.165) is 48.5 Å². The lowest BCUT2D eigenvalue weighted by molar-refractivity contribution is -0.385. The summed E-state index contributed by atoms with van der Waals surface area (Å²) in [4.78, 5) is 139. The maximum atomic E-state index is 12.3. The van der Waals surface area contributed by atoms with E-state index in [1.807, 2.05) is 0 Å². The van der Waals surface area contributed by atoms with Crippen molar-refractivity contribution in [3.8, 4) is 46.0 Å². The molecule has 0 spiro atoms. The van der Waals surface area contributed by atoms with Gasteiger partial charge in [-0.05, 0) is 48.5 Å². The Balaban J connectivity index is 0.000000281. The molecule has 0 unspecified atom stereocenters. The van der Waals surface area contributed by atoms with Crippen molar-refractivity contribution in [1.82, 2.24) is 0 Å². The lowest BCUT2D eigenvalue weighted by Crippen LogP contribution is -2.30. The highest BCUT2D eigenvalue weighted by Gasteiger charge is 2.32. The van der Waals surface area contributed by atoms with Gasteiger partial charge in [-0.1, -0.05) is 20.3 Å². The average Bonchev–Trinajstić information content (AvgIpc) is 0.771. The minimum absolute atomic E-state index is 0.0751.